The number of halogens is 2. The minimum Gasteiger partial charge on any atom is -0.309 e. The fourth-order valence-corrected chi connectivity index (χ4v) is 2.28. The Hall–Kier alpha value is -1.38. The van der Waals surface area contributed by atoms with Crippen molar-refractivity contribution in [1.82, 2.24) is 5.32 Å². The summed E-state index contributed by atoms with van der Waals surface area (Å²) in [6.07, 6.45) is 1.01. The second-order valence-corrected chi connectivity index (χ2v) is 4.82. The molecule has 0 fully saturated rings. The summed E-state index contributed by atoms with van der Waals surface area (Å²) >= 11 is 5.92. The summed E-state index contributed by atoms with van der Waals surface area (Å²) in [4.78, 5) is 0. The van der Waals surface area contributed by atoms with Crippen LogP contribution in [0.2, 0.25) is 5.02 Å². The van der Waals surface area contributed by atoms with Crippen LogP contribution in [0.1, 0.15) is 23.6 Å². The summed E-state index contributed by atoms with van der Waals surface area (Å²) in [7, 11) is 0. The maximum absolute atomic E-state index is 13.3. The van der Waals surface area contributed by atoms with Gasteiger partial charge in [0.05, 0.1) is 5.02 Å². The van der Waals surface area contributed by atoms with Gasteiger partial charge in [0.1, 0.15) is 5.82 Å². The zero-order valence-corrected chi connectivity index (χ0v) is 11.7. The molecule has 0 heterocycles. The van der Waals surface area contributed by atoms with E-state index in [1.165, 1.54) is 17.2 Å². The van der Waals surface area contributed by atoms with Gasteiger partial charge in [0.25, 0.3) is 0 Å². The first-order valence-corrected chi connectivity index (χ1v) is 6.80. The highest BCUT2D eigenvalue weighted by molar-refractivity contribution is 6.31. The summed E-state index contributed by atoms with van der Waals surface area (Å²) in [5.74, 6) is -0.366. The summed E-state index contributed by atoms with van der Waals surface area (Å²) in [6.45, 7) is 3.47. The van der Waals surface area contributed by atoms with Crippen molar-refractivity contribution >= 4 is 11.6 Å². The van der Waals surface area contributed by atoms with Crippen LogP contribution in [0.3, 0.4) is 0 Å². The summed E-state index contributed by atoms with van der Waals surface area (Å²) < 4.78 is 13.3. The topological polar surface area (TPSA) is 12.0 Å². The first-order valence-electron chi connectivity index (χ1n) is 6.42. The molecule has 1 N–H and O–H groups in total. The van der Waals surface area contributed by atoms with Crippen LogP contribution in [0.5, 0.6) is 0 Å². The van der Waals surface area contributed by atoms with Crippen molar-refractivity contribution in [3.05, 3.63) is 70.0 Å². The molecule has 19 heavy (non-hydrogen) atoms. The molecule has 0 saturated carbocycles. The summed E-state index contributed by atoms with van der Waals surface area (Å²) in [5.41, 5.74) is 3.40. The van der Waals surface area contributed by atoms with Gasteiger partial charge < -0.3 is 5.32 Å². The lowest BCUT2D eigenvalue weighted by molar-refractivity contribution is 0.620. The van der Waals surface area contributed by atoms with Crippen LogP contribution in [0.4, 0.5) is 4.39 Å². The van der Waals surface area contributed by atoms with Crippen molar-refractivity contribution in [1.29, 1.82) is 0 Å². The van der Waals surface area contributed by atoms with E-state index in [9.17, 15) is 4.39 Å². The summed E-state index contributed by atoms with van der Waals surface area (Å²) in [5, 5.41) is 3.52. The quantitative estimate of drug-likeness (QED) is 0.858. The molecule has 0 aliphatic heterocycles. The molecule has 0 radical (unpaired) electrons. The highest BCUT2D eigenvalue weighted by Gasteiger charge is 2.05. The average Bonchev–Trinajstić information content (AvgIpc) is 2.44. The van der Waals surface area contributed by atoms with Gasteiger partial charge in [-0.3, -0.25) is 0 Å². The van der Waals surface area contributed by atoms with E-state index in [2.05, 4.69) is 24.4 Å². The van der Waals surface area contributed by atoms with Gasteiger partial charge in [-0.1, -0.05) is 54.9 Å². The zero-order chi connectivity index (χ0) is 13.7. The highest BCUT2D eigenvalue weighted by atomic mass is 35.5. The Balaban J connectivity index is 1.98. The van der Waals surface area contributed by atoms with Gasteiger partial charge >= 0.3 is 0 Å². The minimum atomic E-state index is -0.366. The van der Waals surface area contributed by atoms with Crippen LogP contribution in [-0.2, 0) is 19.5 Å². The first kappa shape index (κ1) is 14.0. The molecule has 0 aliphatic rings. The number of hydrogen-bond donors (Lipinski definition) is 1. The monoisotopic (exact) mass is 277 g/mol. The molecule has 0 saturated heterocycles. The molecular weight excluding hydrogens is 261 g/mol. The lowest BCUT2D eigenvalue weighted by atomic mass is 10.1. The number of benzene rings is 2. The van der Waals surface area contributed by atoms with Crippen LogP contribution in [0.15, 0.2) is 42.5 Å². The molecule has 1 nitrogen and oxygen atoms in total. The summed E-state index contributed by atoms with van der Waals surface area (Å²) in [6, 6.07) is 13.2. The van der Waals surface area contributed by atoms with E-state index in [0.29, 0.717) is 6.54 Å². The molecule has 0 bridgehead atoms. The van der Waals surface area contributed by atoms with Gasteiger partial charge in [-0.15, -0.1) is 0 Å². The van der Waals surface area contributed by atoms with E-state index in [0.717, 1.165) is 18.5 Å². The van der Waals surface area contributed by atoms with Crippen LogP contribution >= 0.6 is 11.6 Å². The van der Waals surface area contributed by atoms with Crippen LogP contribution < -0.4 is 5.32 Å². The van der Waals surface area contributed by atoms with Crippen molar-refractivity contribution in [2.45, 2.75) is 26.4 Å². The lowest BCUT2D eigenvalue weighted by Crippen LogP contribution is -2.14. The van der Waals surface area contributed by atoms with E-state index in [1.807, 2.05) is 18.2 Å². The van der Waals surface area contributed by atoms with E-state index >= 15 is 0 Å². The molecule has 0 atom stereocenters. The number of aryl methyl sites for hydroxylation is 1. The maximum Gasteiger partial charge on any atom is 0.142 e. The second-order valence-electron chi connectivity index (χ2n) is 4.44. The van der Waals surface area contributed by atoms with Gasteiger partial charge in [0, 0.05) is 13.1 Å². The molecular formula is C16H17ClFN. The number of nitrogens with one attached hydrogen (secondary N) is 1. The predicted octanol–water partition coefficient (Wildman–Crippen LogP) is 4.33. The van der Waals surface area contributed by atoms with Crippen molar-refractivity contribution in [2.75, 3.05) is 0 Å². The SMILES string of the molecule is CCc1ccccc1CNCc1cccc(F)c1Cl. The van der Waals surface area contributed by atoms with Gasteiger partial charge in [0.15, 0.2) is 0 Å². The van der Waals surface area contributed by atoms with Crippen molar-refractivity contribution < 1.29 is 4.39 Å². The molecule has 0 amide bonds. The Morgan fingerprint density at radius 3 is 2.32 bits per heavy atom. The van der Waals surface area contributed by atoms with Crippen LogP contribution in [-0.4, -0.2) is 0 Å². The highest BCUT2D eigenvalue weighted by Crippen LogP contribution is 2.19. The molecule has 3 heteroatoms. The fourth-order valence-electron chi connectivity index (χ4n) is 2.09. The van der Waals surface area contributed by atoms with Crippen LogP contribution in [0.25, 0.3) is 0 Å². The normalized spacial score (nSPS) is 10.7. The van der Waals surface area contributed by atoms with Gasteiger partial charge in [0.2, 0.25) is 0 Å². The molecule has 0 aromatic heterocycles. The van der Waals surface area contributed by atoms with Gasteiger partial charge in [-0.05, 0) is 29.2 Å². The molecule has 2 aromatic rings. The first-order chi connectivity index (χ1) is 9.22. The molecule has 2 aromatic carbocycles. The van der Waals surface area contributed by atoms with E-state index < -0.39 is 0 Å². The fraction of sp³-hybridized carbons (Fsp3) is 0.250. The van der Waals surface area contributed by atoms with Gasteiger partial charge in [-0.25, -0.2) is 4.39 Å². The Bertz CT molecular complexity index is 554. The smallest absolute Gasteiger partial charge is 0.142 e. The standard InChI is InChI=1S/C16H17ClFN/c1-2-12-6-3-4-7-13(12)10-19-11-14-8-5-9-15(18)16(14)17/h3-9,19H,2,10-11H2,1H3. The second kappa shape index (κ2) is 6.69. The van der Waals surface area contributed by atoms with Crippen molar-refractivity contribution in [2.24, 2.45) is 0 Å². The molecule has 0 unspecified atom stereocenters. The Labute approximate surface area is 118 Å². The maximum atomic E-state index is 13.3. The third-order valence-corrected chi connectivity index (χ3v) is 3.59. The Morgan fingerprint density at radius 1 is 0.947 bits per heavy atom. The molecule has 0 spiro atoms. The van der Waals surface area contributed by atoms with E-state index in [4.69, 9.17) is 11.6 Å². The molecule has 2 rings (SSSR count). The molecule has 0 aliphatic carbocycles. The van der Waals surface area contributed by atoms with Gasteiger partial charge in [-0.2, -0.15) is 0 Å². The Morgan fingerprint density at radius 2 is 1.58 bits per heavy atom. The van der Waals surface area contributed by atoms with Crippen molar-refractivity contribution in [3.63, 3.8) is 0 Å². The van der Waals surface area contributed by atoms with Crippen LogP contribution in [0, 0.1) is 5.82 Å². The van der Waals surface area contributed by atoms with E-state index in [1.54, 1.807) is 6.07 Å². The number of rotatable bonds is 5. The lowest BCUT2D eigenvalue weighted by Gasteiger charge is -2.10. The van der Waals surface area contributed by atoms with Crippen molar-refractivity contribution in [3.8, 4) is 0 Å². The van der Waals surface area contributed by atoms with E-state index in [-0.39, 0.29) is 10.8 Å². The largest absolute Gasteiger partial charge is 0.309 e. The zero-order valence-electron chi connectivity index (χ0n) is 10.9. The Kier molecular flexibility index (Phi) is 4.94. The molecule has 100 valence electrons. The minimum absolute atomic E-state index is 0.207. The average molecular weight is 278 g/mol. The third-order valence-electron chi connectivity index (χ3n) is 3.16. The number of hydrogen-bond acceptors (Lipinski definition) is 1. The predicted molar refractivity (Wildman–Crippen MR) is 77.8 cm³/mol. The third kappa shape index (κ3) is 3.55.